The second-order valence-electron chi connectivity index (χ2n) is 3.82. The van der Waals surface area contributed by atoms with Gasteiger partial charge in [-0.1, -0.05) is 0 Å². The number of piperazine rings is 1. The molecule has 1 heterocycles. The summed E-state index contributed by atoms with van der Waals surface area (Å²) in [5.74, 6) is 0. The van der Waals surface area contributed by atoms with E-state index in [4.69, 9.17) is 17.0 Å². The summed E-state index contributed by atoms with van der Waals surface area (Å²) in [4.78, 5) is 3.93. The largest absolute Gasteiger partial charge is 0.383 e. The van der Waals surface area contributed by atoms with E-state index in [1.165, 1.54) is 19.6 Å². The van der Waals surface area contributed by atoms with Crippen LogP contribution in [0.1, 0.15) is 6.92 Å². The molecule has 1 rings (SSSR count). The third kappa shape index (κ3) is 4.32. The van der Waals surface area contributed by atoms with Gasteiger partial charge in [-0.2, -0.15) is 0 Å². The number of thiocarbonyl (C=S) groups is 1. The van der Waals surface area contributed by atoms with Crippen molar-refractivity contribution in [1.82, 2.24) is 10.2 Å². The number of nitrogens with one attached hydrogen (secondary N) is 2. The van der Waals surface area contributed by atoms with Crippen LogP contribution in [0.3, 0.4) is 0 Å². The summed E-state index contributed by atoms with van der Waals surface area (Å²) in [5.41, 5.74) is 0. The maximum Gasteiger partial charge on any atom is 0.169 e. The molecule has 88 valence electrons. The molecule has 0 spiro atoms. The molecular formula is C10H22N3OS+. The molecule has 0 amide bonds. The van der Waals surface area contributed by atoms with Crippen LogP contribution in [0.2, 0.25) is 0 Å². The Bertz CT molecular complexity index is 193. The second-order valence-corrected chi connectivity index (χ2v) is 4.20. The SMILES string of the molecule is CC[NH+]1CCN(C(=S)NCCOC)CC1. The van der Waals surface area contributed by atoms with Crippen molar-refractivity contribution in [1.29, 1.82) is 0 Å². The van der Waals surface area contributed by atoms with Crippen molar-refractivity contribution in [2.75, 3.05) is 53.0 Å². The zero-order valence-corrected chi connectivity index (χ0v) is 10.5. The van der Waals surface area contributed by atoms with Crippen molar-refractivity contribution >= 4 is 17.3 Å². The van der Waals surface area contributed by atoms with Crippen molar-refractivity contribution in [3.63, 3.8) is 0 Å². The Morgan fingerprint density at radius 3 is 2.67 bits per heavy atom. The van der Waals surface area contributed by atoms with Crippen LogP contribution in [0, 0.1) is 0 Å². The van der Waals surface area contributed by atoms with Crippen LogP contribution in [0.5, 0.6) is 0 Å². The number of likely N-dealkylation sites (N-methyl/N-ethyl adjacent to an activating group) is 1. The molecule has 5 heteroatoms. The summed E-state index contributed by atoms with van der Waals surface area (Å²) in [5, 5.41) is 4.09. The van der Waals surface area contributed by atoms with Gasteiger partial charge >= 0.3 is 0 Å². The molecule has 1 fully saturated rings. The molecule has 0 aromatic rings. The second kappa shape index (κ2) is 6.98. The molecule has 0 atom stereocenters. The number of rotatable bonds is 4. The number of nitrogens with zero attached hydrogens (tertiary/aromatic N) is 1. The van der Waals surface area contributed by atoms with Crippen LogP contribution in [0.4, 0.5) is 0 Å². The molecule has 15 heavy (non-hydrogen) atoms. The number of quaternary nitrogens is 1. The van der Waals surface area contributed by atoms with Gasteiger partial charge in [0.1, 0.15) is 0 Å². The quantitative estimate of drug-likeness (QED) is 0.467. The molecule has 0 aromatic heterocycles. The maximum absolute atomic E-state index is 5.31. The van der Waals surface area contributed by atoms with Gasteiger partial charge in [-0.3, -0.25) is 0 Å². The summed E-state index contributed by atoms with van der Waals surface area (Å²) in [7, 11) is 1.70. The van der Waals surface area contributed by atoms with Crippen molar-refractivity contribution in [3.05, 3.63) is 0 Å². The van der Waals surface area contributed by atoms with Gasteiger partial charge in [0.2, 0.25) is 0 Å². The molecule has 4 nitrogen and oxygen atoms in total. The van der Waals surface area contributed by atoms with Gasteiger partial charge in [0.25, 0.3) is 0 Å². The maximum atomic E-state index is 5.31. The normalized spacial score (nSPS) is 17.9. The predicted octanol–water partition coefficient (Wildman–Crippen LogP) is -1.27. The molecule has 0 aromatic carbocycles. The average molecular weight is 232 g/mol. The van der Waals surface area contributed by atoms with Crippen LogP contribution in [0.25, 0.3) is 0 Å². The summed E-state index contributed by atoms with van der Waals surface area (Å²) in [6.45, 7) is 9.50. The van der Waals surface area contributed by atoms with E-state index in [1.807, 2.05) is 0 Å². The Morgan fingerprint density at radius 1 is 1.47 bits per heavy atom. The van der Waals surface area contributed by atoms with Crippen molar-refractivity contribution in [2.24, 2.45) is 0 Å². The highest BCUT2D eigenvalue weighted by Gasteiger charge is 2.19. The first-order valence-electron chi connectivity index (χ1n) is 5.63. The van der Waals surface area contributed by atoms with Crippen molar-refractivity contribution in [2.45, 2.75) is 6.92 Å². The Kier molecular flexibility index (Phi) is 5.90. The fourth-order valence-electron chi connectivity index (χ4n) is 1.75. The Hall–Kier alpha value is -0.390. The lowest BCUT2D eigenvalue weighted by atomic mass is 10.3. The molecule has 0 bridgehead atoms. The fourth-order valence-corrected chi connectivity index (χ4v) is 2.04. The van der Waals surface area contributed by atoms with E-state index >= 15 is 0 Å². The molecule has 2 N–H and O–H groups in total. The highest BCUT2D eigenvalue weighted by Crippen LogP contribution is 1.90. The summed E-state index contributed by atoms with van der Waals surface area (Å²) >= 11 is 5.31. The van der Waals surface area contributed by atoms with Crippen LogP contribution >= 0.6 is 12.2 Å². The highest BCUT2D eigenvalue weighted by molar-refractivity contribution is 7.80. The molecule has 0 aliphatic carbocycles. The van der Waals surface area contributed by atoms with Crippen LogP contribution in [-0.4, -0.2) is 63.0 Å². The minimum atomic E-state index is 0.709. The standard InChI is InChI=1S/C10H21N3OS/c1-3-12-5-7-13(8-6-12)10(15)11-4-9-14-2/h3-9H2,1-2H3,(H,11,15)/p+1. The van der Waals surface area contributed by atoms with Crippen molar-refractivity contribution < 1.29 is 9.64 Å². The smallest absolute Gasteiger partial charge is 0.169 e. The zero-order valence-electron chi connectivity index (χ0n) is 9.71. The average Bonchev–Trinajstić information content (AvgIpc) is 2.29. The van der Waals surface area contributed by atoms with E-state index in [-0.39, 0.29) is 0 Å². The third-order valence-electron chi connectivity index (χ3n) is 2.84. The molecule has 0 radical (unpaired) electrons. The summed E-state index contributed by atoms with van der Waals surface area (Å²) in [6.07, 6.45) is 0. The van der Waals surface area contributed by atoms with Gasteiger partial charge in [0, 0.05) is 13.7 Å². The number of ether oxygens (including phenoxy) is 1. The molecule has 1 aliphatic heterocycles. The number of hydrogen-bond acceptors (Lipinski definition) is 2. The van der Waals surface area contributed by atoms with Crippen LogP contribution < -0.4 is 10.2 Å². The number of methoxy groups -OCH3 is 1. The molecule has 0 saturated carbocycles. The van der Waals surface area contributed by atoms with E-state index in [2.05, 4.69) is 17.1 Å². The predicted molar refractivity (Wildman–Crippen MR) is 65.3 cm³/mol. The molecular weight excluding hydrogens is 210 g/mol. The third-order valence-corrected chi connectivity index (χ3v) is 3.24. The summed E-state index contributed by atoms with van der Waals surface area (Å²) in [6, 6.07) is 0. The highest BCUT2D eigenvalue weighted by atomic mass is 32.1. The van der Waals surface area contributed by atoms with Crippen molar-refractivity contribution in [3.8, 4) is 0 Å². The van der Waals surface area contributed by atoms with Gasteiger partial charge in [-0.25, -0.2) is 0 Å². The van der Waals surface area contributed by atoms with E-state index in [0.717, 1.165) is 24.7 Å². The first-order chi connectivity index (χ1) is 7.27. The fraction of sp³-hybridized carbons (Fsp3) is 0.900. The molecule has 1 aliphatic rings. The lowest BCUT2D eigenvalue weighted by Crippen LogP contribution is -3.14. The van der Waals surface area contributed by atoms with Gasteiger partial charge < -0.3 is 19.9 Å². The molecule has 1 saturated heterocycles. The minimum absolute atomic E-state index is 0.709. The van der Waals surface area contributed by atoms with Crippen LogP contribution in [0.15, 0.2) is 0 Å². The minimum Gasteiger partial charge on any atom is -0.383 e. The van der Waals surface area contributed by atoms with E-state index in [1.54, 1.807) is 12.0 Å². The monoisotopic (exact) mass is 232 g/mol. The van der Waals surface area contributed by atoms with Gasteiger partial charge in [0.15, 0.2) is 5.11 Å². The Balaban J connectivity index is 2.18. The Morgan fingerprint density at radius 2 is 2.13 bits per heavy atom. The molecule has 0 unspecified atom stereocenters. The lowest BCUT2D eigenvalue weighted by Gasteiger charge is -2.33. The van der Waals surface area contributed by atoms with Gasteiger partial charge in [-0.15, -0.1) is 0 Å². The topological polar surface area (TPSA) is 28.9 Å². The van der Waals surface area contributed by atoms with Gasteiger partial charge in [0.05, 0.1) is 39.3 Å². The first-order valence-corrected chi connectivity index (χ1v) is 6.04. The zero-order chi connectivity index (χ0) is 11.1. The van der Waals surface area contributed by atoms with Gasteiger partial charge in [-0.05, 0) is 19.1 Å². The van der Waals surface area contributed by atoms with E-state index in [9.17, 15) is 0 Å². The summed E-state index contributed by atoms with van der Waals surface area (Å²) < 4.78 is 4.97. The first kappa shape index (κ1) is 12.7. The van der Waals surface area contributed by atoms with E-state index in [0.29, 0.717) is 6.61 Å². The van der Waals surface area contributed by atoms with E-state index < -0.39 is 0 Å². The Labute approximate surface area is 97.6 Å². The van der Waals surface area contributed by atoms with Crippen LogP contribution in [-0.2, 0) is 4.74 Å². The lowest BCUT2D eigenvalue weighted by molar-refractivity contribution is -0.902. The number of hydrogen-bond donors (Lipinski definition) is 2.